The van der Waals surface area contributed by atoms with Crippen molar-refractivity contribution in [3.8, 4) is 0 Å². The second-order valence-corrected chi connectivity index (χ2v) is 4.03. The fourth-order valence-electron chi connectivity index (χ4n) is 2.15. The Balaban J connectivity index is 2.37. The van der Waals surface area contributed by atoms with Gasteiger partial charge in [0.2, 0.25) is 12.9 Å². The van der Waals surface area contributed by atoms with Crippen LogP contribution < -0.4 is 0 Å². The maximum atomic E-state index is 5.79. The third-order valence-corrected chi connectivity index (χ3v) is 2.88. The Morgan fingerprint density at radius 1 is 1.33 bits per heavy atom. The van der Waals surface area contributed by atoms with E-state index in [9.17, 15) is 0 Å². The van der Waals surface area contributed by atoms with E-state index >= 15 is 0 Å². The largest absolute Gasteiger partial charge is 0.576 e. The van der Waals surface area contributed by atoms with Crippen molar-refractivity contribution < 1.29 is 8.78 Å². The van der Waals surface area contributed by atoms with Crippen LogP contribution in [0.5, 0.6) is 0 Å². The molecule has 2 nitrogen and oxygen atoms in total. The molecular weight excluding hydrogens is 188 g/mol. The molecule has 0 saturated heterocycles. The zero-order valence-corrected chi connectivity index (χ0v) is 8.91. The smallest absolute Gasteiger partial charge is 0.221 e. The molecular formula is C13H13O2+. The van der Waals surface area contributed by atoms with Gasteiger partial charge in [0.1, 0.15) is 11.3 Å². The zero-order valence-electron chi connectivity index (χ0n) is 8.91. The van der Waals surface area contributed by atoms with Crippen LogP contribution in [0.3, 0.4) is 0 Å². The van der Waals surface area contributed by atoms with Gasteiger partial charge in [0.25, 0.3) is 0 Å². The first kappa shape index (κ1) is 8.60. The average Bonchev–Trinajstić information content (AvgIpc) is 2.57. The third-order valence-electron chi connectivity index (χ3n) is 2.88. The van der Waals surface area contributed by atoms with Gasteiger partial charge in [-0.15, -0.1) is 0 Å². The van der Waals surface area contributed by atoms with E-state index in [2.05, 4.69) is 17.4 Å². The van der Waals surface area contributed by atoms with Gasteiger partial charge in [0, 0.05) is 5.39 Å². The zero-order chi connectivity index (χ0) is 10.4. The minimum atomic E-state index is 0.851. The van der Waals surface area contributed by atoms with Gasteiger partial charge in [-0.05, 0) is 18.6 Å². The molecule has 2 heterocycles. The van der Waals surface area contributed by atoms with Gasteiger partial charge in [0.15, 0.2) is 7.11 Å². The number of furan rings is 1. The van der Waals surface area contributed by atoms with Crippen molar-refractivity contribution in [2.75, 3.05) is 7.11 Å². The van der Waals surface area contributed by atoms with E-state index in [0.717, 1.165) is 18.0 Å². The summed E-state index contributed by atoms with van der Waals surface area (Å²) < 4.78 is 8.74. The SMILES string of the molecule is Cc1cccc2oc3c(c12)C[O+](C)C=C3. The lowest BCUT2D eigenvalue weighted by Crippen LogP contribution is -2.05. The lowest BCUT2D eigenvalue weighted by molar-refractivity contribution is -0.0266. The van der Waals surface area contributed by atoms with Crippen molar-refractivity contribution in [1.29, 1.82) is 0 Å². The summed E-state index contributed by atoms with van der Waals surface area (Å²) in [4.78, 5) is 0. The molecule has 0 fully saturated rings. The van der Waals surface area contributed by atoms with Gasteiger partial charge in [-0.2, -0.15) is 0 Å². The molecule has 2 aromatic rings. The first-order valence-corrected chi connectivity index (χ1v) is 5.06. The van der Waals surface area contributed by atoms with Crippen LogP contribution in [0.1, 0.15) is 16.9 Å². The summed E-state index contributed by atoms with van der Waals surface area (Å²) in [6.45, 7) is 2.98. The molecule has 0 unspecified atom stereocenters. The molecule has 1 aliphatic heterocycles. The molecule has 1 aromatic carbocycles. The van der Waals surface area contributed by atoms with Crippen molar-refractivity contribution in [2.24, 2.45) is 0 Å². The van der Waals surface area contributed by atoms with Crippen molar-refractivity contribution in [3.63, 3.8) is 0 Å². The summed E-state index contributed by atoms with van der Waals surface area (Å²) in [5.41, 5.74) is 3.54. The van der Waals surface area contributed by atoms with E-state index < -0.39 is 0 Å². The molecule has 0 radical (unpaired) electrons. The van der Waals surface area contributed by atoms with Gasteiger partial charge < -0.3 is 8.78 Å². The topological polar surface area (TPSA) is 15.8 Å². The highest BCUT2D eigenvalue weighted by Crippen LogP contribution is 2.33. The van der Waals surface area contributed by atoms with Gasteiger partial charge in [0.05, 0.1) is 11.6 Å². The molecule has 76 valence electrons. The average molecular weight is 201 g/mol. The van der Waals surface area contributed by atoms with E-state index in [1.807, 2.05) is 31.6 Å². The fourth-order valence-corrected chi connectivity index (χ4v) is 2.15. The maximum absolute atomic E-state index is 5.79. The van der Waals surface area contributed by atoms with Crippen LogP contribution in [-0.2, 0) is 11.0 Å². The Bertz CT molecular complexity index is 549. The van der Waals surface area contributed by atoms with Crippen molar-refractivity contribution >= 4 is 17.0 Å². The number of rotatable bonds is 0. The lowest BCUT2D eigenvalue weighted by Gasteiger charge is -2.17. The van der Waals surface area contributed by atoms with Gasteiger partial charge >= 0.3 is 0 Å². The normalized spacial score (nSPS) is 14.7. The van der Waals surface area contributed by atoms with Crippen LogP contribution in [0.25, 0.3) is 17.0 Å². The van der Waals surface area contributed by atoms with E-state index in [0.29, 0.717) is 0 Å². The molecule has 0 atom stereocenters. The Kier molecular flexibility index (Phi) is 1.66. The van der Waals surface area contributed by atoms with Crippen LogP contribution in [0.4, 0.5) is 0 Å². The molecule has 15 heavy (non-hydrogen) atoms. The molecule has 0 saturated carbocycles. The first-order chi connectivity index (χ1) is 7.25. The summed E-state index contributed by atoms with van der Waals surface area (Å²) in [5, 5.41) is 1.26. The Morgan fingerprint density at radius 3 is 3.07 bits per heavy atom. The molecule has 3 rings (SSSR count). The Morgan fingerprint density at radius 2 is 2.20 bits per heavy atom. The molecule has 1 aromatic heterocycles. The molecule has 0 bridgehead atoms. The lowest BCUT2D eigenvalue weighted by atomic mass is 10.1. The number of hydrogen-bond acceptors (Lipinski definition) is 1. The fraction of sp³-hybridized carbons (Fsp3) is 0.231. The quantitative estimate of drug-likeness (QED) is 0.596. The number of aryl methyl sites for hydroxylation is 1. The number of hydrogen-bond donors (Lipinski definition) is 0. The standard InChI is InChI=1S/C13H13O2/c1-9-4-3-5-12-13(9)10-8-15(2)7-6-11(10)14-12/h3-7H,8H2,1-2H3/q+1. The van der Waals surface area contributed by atoms with E-state index in [-0.39, 0.29) is 0 Å². The molecule has 1 aliphatic rings. The van der Waals surface area contributed by atoms with Gasteiger partial charge in [-0.3, -0.25) is 0 Å². The highest BCUT2D eigenvalue weighted by molar-refractivity contribution is 5.87. The van der Waals surface area contributed by atoms with Crippen LogP contribution in [0.2, 0.25) is 0 Å². The minimum Gasteiger partial charge on any atom is -0.576 e. The molecule has 0 amide bonds. The van der Waals surface area contributed by atoms with Crippen LogP contribution >= 0.6 is 0 Å². The Hall–Kier alpha value is -1.70. The second kappa shape index (κ2) is 2.89. The predicted octanol–water partition coefficient (Wildman–Crippen LogP) is 3.41. The monoisotopic (exact) mass is 201 g/mol. The van der Waals surface area contributed by atoms with Gasteiger partial charge in [-0.25, -0.2) is 0 Å². The Labute approximate surface area is 88.5 Å². The number of fused-ring (bicyclic) bond motifs is 3. The van der Waals surface area contributed by atoms with E-state index in [1.165, 1.54) is 16.5 Å². The predicted molar refractivity (Wildman–Crippen MR) is 60.7 cm³/mol. The molecule has 0 N–H and O–H groups in total. The highest BCUT2D eigenvalue weighted by Gasteiger charge is 2.21. The van der Waals surface area contributed by atoms with Gasteiger partial charge in [-0.1, -0.05) is 12.1 Å². The summed E-state index contributed by atoms with van der Waals surface area (Å²) in [6, 6.07) is 6.19. The summed E-state index contributed by atoms with van der Waals surface area (Å²) in [6.07, 6.45) is 3.98. The molecule has 2 heteroatoms. The van der Waals surface area contributed by atoms with E-state index in [1.54, 1.807) is 0 Å². The molecule has 0 aliphatic carbocycles. The third kappa shape index (κ3) is 1.18. The second-order valence-electron chi connectivity index (χ2n) is 4.03. The minimum absolute atomic E-state index is 0.851. The van der Waals surface area contributed by atoms with Crippen LogP contribution in [0, 0.1) is 6.92 Å². The van der Waals surface area contributed by atoms with Crippen LogP contribution in [0.15, 0.2) is 28.9 Å². The summed E-state index contributed by atoms with van der Waals surface area (Å²) >= 11 is 0. The first-order valence-electron chi connectivity index (χ1n) is 5.06. The maximum Gasteiger partial charge on any atom is 0.221 e. The van der Waals surface area contributed by atoms with E-state index in [4.69, 9.17) is 4.42 Å². The highest BCUT2D eigenvalue weighted by atomic mass is 16.7. The molecule has 0 spiro atoms. The van der Waals surface area contributed by atoms with Crippen molar-refractivity contribution in [3.05, 3.63) is 41.3 Å². The number of benzene rings is 1. The van der Waals surface area contributed by atoms with Crippen molar-refractivity contribution in [1.82, 2.24) is 0 Å². The van der Waals surface area contributed by atoms with Crippen molar-refractivity contribution in [2.45, 2.75) is 13.5 Å². The summed E-state index contributed by atoms with van der Waals surface area (Å²) in [5.74, 6) is 0.991. The van der Waals surface area contributed by atoms with Crippen LogP contribution in [-0.4, -0.2) is 7.11 Å². The summed E-state index contributed by atoms with van der Waals surface area (Å²) in [7, 11) is 2.00.